The Morgan fingerprint density at radius 2 is 2.19 bits per heavy atom. The molecule has 1 fully saturated rings. The lowest BCUT2D eigenvalue weighted by atomic mass is 9.94. The van der Waals surface area contributed by atoms with Crippen LogP contribution in [0.5, 0.6) is 0 Å². The van der Waals surface area contributed by atoms with Crippen LogP contribution in [0.4, 0.5) is 0 Å². The Hall–Kier alpha value is -0.590. The van der Waals surface area contributed by atoms with E-state index in [1.54, 1.807) is 0 Å². The summed E-state index contributed by atoms with van der Waals surface area (Å²) >= 11 is 0. The molecular formula is C13H25N3. The highest BCUT2D eigenvalue weighted by Gasteiger charge is 2.30. The van der Waals surface area contributed by atoms with E-state index in [0.29, 0.717) is 6.04 Å². The normalized spacial score (nSPS) is 21.5. The fraction of sp³-hybridized carbons (Fsp3) is 0.923. The lowest BCUT2D eigenvalue weighted by molar-refractivity contribution is 0.180. The van der Waals surface area contributed by atoms with E-state index in [4.69, 9.17) is 5.26 Å². The van der Waals surface area contributed by atoms with Crippen molar-refractivity contribution in [3.8, 4) is 6.07 Å². The van der Waals surface area contributed by atoms with Crippen molar-refractivity contribution < 1.29 is 0 Å². The maximum atomic E-state index is 9.15. The number of nitrogens with one attached hydrogen (secondary N) is 1. The third-order valence-electron chi connectivity index (χ3n) is 3.72. The van der Waals surface area contributed by atoms with E-state index in [1.807, 2.05) is 14.0 Å². The average Bonchev–Trinajstić information content (AvgIpc) is 3.09. The third kappa shape index (κ3) is 3.77. The number of nitrogens with zero attached hydrogens (tertiary/aromatic N) is 2. The first-order valence-electron chi connectivity index (χ1n) is 6.39. The molecule has 1 N–H and O–H groups in total. The van der Waals surface area contributed by atoms with E-state index >= 15 is 0 Å². The van der Waals surface area contributed by atoms with E-state index in [0.717, 1.165) is 18.9 Å². The zero-order chi connectivity index (χ0) is 12.2. The van der Waals surface area contributed by atoms with Gasteiger partial charge in [-0.25, -0.2) is 0 Å². The molecule has 0 aromatic rings. The van der Waals surface area contributed by atoms with Crippen LogP contribution in [0.15, 0.2) is 0 Å². The molecule has 0 aromatic carbocycles. The summed E-state index contributed by atoms with van der Waals surface area (Å²) < 4.78 is 0. The van der Waals surface area contributed by atoms with Crippen molar-refractivity contribution in [2.75, 3.05) is 20.1 Å². The van der Waals surface area contributed by atoms with Crippen molar-refractivity contribution >= 4 is 0 Å². The summed E-state index contributed by atoms with van der Waals surface area (Å²) in [7, 11) is 1.87. The maximum Gasteiger partial charge on any atom is 0.105 e. The Labute approximate surface area is 99.8 Å². The zero-order valence-corrected chi connectivity index (χ0v) is 11.1. The Morgan fingerprint density at radius 1 is 1.56 bits per heavy atom. The molecule has 1 saturated carbocycles. The summed E-state index contributed by atoms with van der Waals surface area (Å²) in [6.45, 7) is 8.72. The van der Waals surface area contributed by atoms with Gasteiger partial charge in [-0.3, -0.25) is 0 Å². The minimum absolute atomic E-state index is 0.392. The van der Waals surface area contributed by atoms with Crippen molar-refractivity contribution in [3.05, 3.63) is 0 Å². The molecule has 0 bridgehead atoms. The Kier molecular flexibility index (Phi) is 4.76. The van der Waals surface area contributed by atoms with Gasteiger partial charge in [-0.15, -0.1) is 0 Å². The third-order valence-corrected chi connectivity index (χ3v) is 3.72. The van der Waals surface area contributed by atoms with Crippen molar-refractivity contribution in [1.29, 1.82) is 5.26 Å². The molecule has 0 saturated heterocycles. The lowest BCUT2D eigenvalue weighted by Gasteiger charge is -2.33. The second kappa shape index (κ2) is 5.65. The predicted octanol–water partition coefficient (Wildman–Crippen LogP) is 2.00. The van der Waals surface area contributed by atoms with Crippen LogP contribution in [0.25, 0.3) is 0 Å². The molecule has 0 aliphatic heterocycles. The standard InChI is InChI=1S/C13H25N3/c1-5-16(9-12-6-7-12)11(2)8-13(3,10-14)15-4/h11-12,15H,5-9H2,1-4H3. The monoisotopic (exact) mass is 223 g/mol. The second-order valence-electron chi connectivity index (χ2n) is 5.28. The summed E-state index contributed by atoms with van der Waals surface area (Å²) in [6, 6.07) is 2.84. The minimum Gasteiger partial charge on any atom is -0.303 e. The fourth-order valence-electron chi connectivity index (χ4n) is 2.18. The largest absolute Gasteiger partial charge is 0.303 e. The molecule has 2 atom stereocenters. The first kappa shape index (κ1) is 13.5. The molecule has 1 aliphatic rings. The summed E-state index contributed by atoms with van der Waals surface area (Å²) in [5.74, 6) is 0.922. The zero-order valence-electron chi connectivity index (χ0n) is 11.1. The number of hydrogen-bond acceptors (Lipinski definition) is 3. The SMILES string of the molecule is CCN(CC1CC1)C(C)CC(C)(C#N)NC. The van der Waals surface area contributed by atoms with Crippen molar-refractivity contribution in [3.63, 3.8) is 0 Å². The highest BCUT2D eigenvalue weighted by atomic mass is 15.2. The van der Waals surface area contributed by atoms with Crippen LogP contribution < -0.4 is 5.32 Å². The van der Waals surface area contributed by atoms with Gasteiger partial charge in [-0.1, -0.05) is 6.92 Å². The second-order valence-corrected chi connectivity index (χ2v) is 5.28. The van der Waals surface area contributed by atoms with Gasteiger partial charge in [0.05, 0.1) is 6.07 Å². The van der Waals surface area contributed by atoms with Gasteiger partial charge in [0, 0.05) is 12.6 Å². The van der Waals surface area contributed by atoms with E-state index in [2.05, 4.69) is 30.1 Å². The highest BCUT2D eigenvalue weighted by Crippen LogP contribution is 2.30. The fourth-order valence-corrected chi connectivity index (χ4v) is 2.18. The van der Waals surface area contributed by atoms with E-state index in [1.165, 1.54) is 19.4 Å². The van der Waals surface area contributed by atoms with Crippen LogP contribution in [-0.2, 0) is 0 Å². The molecule has 0 radical (unpaired) electrons. The van der Waals surface area contributed by atoms with E-state index < -0.39 is 5.54 Å². The molecule has 16 heavy (non-hydrogen) atoms. The minimum atomic E-state index is -0.392. The first-order valence-corrected chi connectivity index (χ1v) is 6.39. The molecule has 0 aromatic heterocycles. The average molecular weight is 223 g/mol. The Bertz CT molecular complexity index is 254. The Balaban J connectivity index is 2.47. The molecule has 3 nitrogen and oxygen atoms in total. The van der Waals surface area contributed by atoms with Crippen LogP contribution in [0.2, 0.25) is 0 Å². The van der Waals surface area contributed by atoms with Gasteiger partial charge >= 0.3 is 0 Å². The van der Waals surface area contributed by atoms with Gasteiger partial charge in [0.15, 0.2) is 0 Å². The molecule has 0 amide bonds. The first-order chi connectivity index (χ1) is 7.54. The van der Waals surface area contributed by atoms with Crippen molar-refractivity contribution in [2.24, 2.45) is 5.92 Å². The predicted molar refractivity (Wildman–Crippen MR) is 67.1 cm³/mol. The van der Waals surface area contributed by atoms with Crippen LogP contribution in [0.3, 0.4) is 0 Å². The van der Waals surface area contributed by atoms with Gasteiger partial charge in [-0.05, 0) is 52.6 Å². The molecule has 2 unspecified atom stereocenters. The van der Waals surface area contributed by atoms with Gasteiger partial charge in [0.2, 0.25) is 0 Å². The van der Waals surface area contributed by atoms with Gasteiger partial charge in [0.25, 0.3) is 0 Å². The topological polar surface area (TPSA) is 39.1 Å². The van der Waals surface area contributed by atoms with E-state index in [-0.39, 0.29) is 0 Å². The molecule has 3 heteroatoms. The molecular weight excluding hydrogens is 198 g/mol. The number of hydrogen-bond donors (Lipinski definition) is 1. The van der Waals surface area contributed by atoms with Gasteiger partial charge in [0.1, 0.15) is 5.54 Å². The smallest absolute Gasteiger partial charge is 0.105 e. The van der Waals surface area contributed by atoms with Crippen LogP contribution in [0, 0.1) is 17.2 Å². The summed E-state index contributed by atoms with van der Waals surface area (Å²) in [5.41, 5.74) is -0.392. The Morgan fingerprint density at radius 3 is 2.56 bits per heavy atom. The van der Waals surface area contributed by atoms with Crippen LogP contribution in [-0.4, -0.2) is 36.6 Å². The van der Waals surface area contributed by atoms with Crippen molar-refractivity contribution in [1.82, 2.24) is 10.2 Å². The molecule has 1 rings (SSSR count). The summed E-state index contributed by atoms with van der Waals surface area (Å²) in [5, 5.41) is 12.3. The van der Waals surface area contributed by atoms with Crippen LogP contribution >= 0.6 is 0 Å². The van der Waals surface area contributed by atoms with Crippen molar-refractivity contribution in [2.45, 2.75) is 51.6 Å². The molecule has 0 heterocycles. The quantitative estimate of drug-likeness (QED) is 0.717. The maximum absolute atomic E-state index is 9.15. The van der Waals surface area contributed by atoms with Crippen LogP contribution in [0.1, 0.15) is 40.0 Å². The molecule has 0 spiro atoms. The van der Waals surface area contributed by atoms with E-state index in [9.17, 15) is 0 Å². The highest BCUT2D eigenvalue weighted by molar-refractivity contribution is 5.04. The van der Waals surface area contributed by atoms with Gasteiger partial charge in [-0.2, -0.15) is 5.26 Å². The molecule has 1 aliphatic carbocycles. The lowest BCUT2D eigenvalue weighted by Crippen LogP contribution is -2.46. The number of nitriles is 1. The van der Waals surface area contributed by atoms with Gasteiger partial charge < -0.3 is 10.2 Å². The molecule has 92 valence electrons. The summed E-state index contributed by atoms with van der Waals surface area (Å²) in [6.07, 6.45) is 3.68. The number of rotatable bonds is 7. The summed E-state index contributed by atoms with van der Waals surface area (Å²) in [4.78, 5) is 2.50.